The highest BCUT2D eigenvalue weighted by atomic mass is 16.2. The van der Waals surface area contributed by atoms with E-state index in [0.717, 1.165) is 42.1 Å². The summed E-state index contributed by atoms with van der Waals surface area (Å²) in [5.74, 6) is -0.206. The molecule has 0 aromatic heterocycles. The summed E-state index contributed by atoms with van der Waals surface area (Å²) in [7, 11) is 1.81. The molecular formula is C21H23N3O. The lowest BCUT2D eigenvalue weighted by Crippen LogP contribution is -2.39. The van der Waals surface area contributed by atoms with E-state index >= 15 is 0 Å². The van der Waals surface area contributed by atoms with E-state index in [0.29, 0.717) is 0 Å². The predicted octanol–water partition coefficient (Wildman–Crippen LogP) is 4.45. The largest absolute Gasteiger partial charge is 0.360 e. The van der Waals surface area contributed by atoms with E-state index in [4.69, 9.17) is 0 Å². The molecule has 0 saturated heterocycles. The van der Waals surface area contributed by atoms with Gasteiger partial charge in [0.1, 0.15) is 11.6 Å². The SMILES string of the molecule is CN(C(=O)/C(C#N)=C\Nc1cccc2ccccc12)C1CCCCC1. The van der Waals surface area contributed by atoms with Gasteiger partial charge in [-0.3, -0.25) is 4.79 Å². The van der Waals surface area contributed by atoms with Gasteiger partial charge >= 0.3 is 0 Å². The maximum atomic E-state index is 12.7. The zero-order valence-corrected chi connectivity index (χ0v) is 14.5. The molecule has 1 N–H and O–H groups in total. The molecule has 0 spiro atoms. The van der Waals surface area contributed by atoms with Crippen molar-refractivity contribution in [3.05, 3.63) is 54.2 Å². The van der Waals surface area contributed by atoms with Gasteiger partial charge in [0, 0.05) is 30.4 Å². The normalized spacial score (nSPS) is 15.6. The maximum Gasteiger partial charge on any atom is 0.266 e. The molecule has 25 heavy (non-hydrogen) atoms. The van der Waals surface area contributed by atoms with E-state index in [2.05, 4.69) is 5.32 Å². The Balaban J connectivity index is 1.78. The van der Waals surface area contributed by atoms with Gasteiger partial charge in [-0.1, -0.05) is 55.7 Å². The van der Waals surface area contributed by atoms with Crippen LogP contribution in [0.25, 0.3) is 10.8 Å². The summed E-state index contributed by atoms with van der Waals surface area (Å²) in [5, 5.41) is 14.8. The highest BCUT2D eigenvalue weighted by Gasteiger charge is 2.24. The van der Waals surface area contributed by atoms with Crippen LogP contribution in [-0.2, 0) is 4.79 Å². The fourth-order valence-electron chi connectivity index (χ4n) is 3.47. The molecule has 1 saturated carbocycles. The average Bonchev–Trinajstić information content (AvgIpc) is 2.68. The van der Waals surface area contributed by atoms with Crippen LogP contribution in [0.5, 0.6) is 0 Å². The van der Waals surface area contributed by atoms with Crippen molar-refractivity contribution < 1.29 is 4.79 Å². The second kappa shape index (κ2) is 7.85. The number of nitrogens with zero attached hydrogens (tertiary/aromatic N) is 2. The Morgan fingerprint density at radius 3 is 2.64 bits per heavy atom. The molecule has 3 rings (SSSR count). The Bertz CT molecular complexity index is 823. The number of likely N-dealkylation sites (N-methyl/N-ethyl adjacent to an activating group) is 1. The first-order chi connectivity index (χ1) is 12.2. The topological polar surface area (TPSA) is 56.1 Å². The lowest BCUT2D eigenvalue weighted by molar-refractivity contribution is -0.128. The van der Waals surface area contributed by atoms with Gasteiger partial charge in [-0.2, -0.15) is 5.26 Å². The third-order valence-electron chi connectivity index (χ3n) is 4.96. The van der Waals surface area contributed by atoms with Crippen molar-refractivity contribution in [3.63, 3.8) is 0 Å². The number of hydrogen-bond acceptors (Lipinski definition) is 3. The van der Waals surface area contributed by atoms with Gasteiger partial charge < -0.3 is 10.2 Å². The van der Waals surface area contributed by atoms with Crippen molar-refractivity contribution in [2.75, 3.05) is 12.4 Å². The molecule has 1 aliphatic carbocycles. The molecule has 0 heterocycles. The van der Waals surface area contributed by atoms with Crippen LogP contribution in [0, 0.1) is 11.3 Å². The molecule has 0 radical (unpaired) electrons. The predicted molar refractivity (Wildman–Crippen MR) is 101 cm³/mol. The summed E-state index contributed by atoms with van der Waals surface area (Å²) in [4.78, 5) is 14.4. The number of benzene rings is 2. The highest BCUT2D eigenvalue weighted by molar-refractivity contribution is 5.99. The van der Waals surface area contributed by atoms with Gasteiger partial charge in [-0.25, -0.2) is 0 Å². The standard InChI is InChI=1S/C21H23N3O/c1-24(18-10-3-2-4-11-18)21(25)17(14-22)15-23-20-13-7-9-16-8-5-6-12-19(16)20/h5-9,12-13,15,18,23H,2-4,10-11H2,1H3/b17-15-. The number of anilines is 1. The van der Waals surface area contributed by atoms with Gasteiger partial charge in [-0.05, 0) is 24.3 Å². The van der Waals surface area contributed by atoms with Crippen LogP contribution in [0.1, 0.15) is 32.1 Å². The summed E-state index contributed by atoms with van der Waals surface area (Å²) >= 11 is 0. The van der Waals surface area contributed by atoms with Crippen LogP contribution in [0.4, 0.5) is 5.69 Å². The van der Waals surface area contributed by atoms with Crippen molar-refractivity contribution in [3.8, 4) is 6.07 Å². The third kappa shape index (κ3) is 3.83. The Morgan fingerprint density at radius 1 is 1.16 bits per heavy atom. The van der Waals surface area contributed by atoms with Crippen molar-refractivity contribution in [1.82, 2.24) is 4.90 Å². The molecule has 0 unspecified atom stereocenters. The van der Waals surface area contributed by atoms with E-state index < -0.39 is 0 Å². The van der Waals surface area contributed by atoms with Crippen molar-refractivity contribution in [1.29, 1.82) is 5.26 Å². The van der Waals surface area contributed by atoms with Crippen molar-refractivity contribution in [2.24, 2.45) is 0 Å². The first kappa shape index (κ1) is 17.0. The van der Waals surface area contributed by atoms with E-state index in [-0.39, 0.29) is 17.5 Å². The number of carbonyl (C=O) groups is 1. The minimum absolute atomic E-state index is 0.140. The molecule has 2 aromatic rings. The average molecular weight is 333 g/mol. The molecule has 1 aliphatic rings. The molecular weight excluding hydrogens is 310 g/mol. The van der Waals surface area contributed by atoms with Crippen LogP contribution in [0.2, 0.25) is 0 Å². The van der Waals surface area contributed by atoms with Gasteiger partial charge in [0.15, 0.2) is 0 Å². The second-order valence-corrected chi connectivity index (χ2v) is 6.55. The van der Waals surface area contributed by atoms with Crippen LogP contribution >= 0.6 is 0 Å². The number of fused-ring (bicyclic) bond motifs is 1. The third-order valence-corrected chi connectivity index (χ3v) is 4.96. The molecule has 0 bridgehead atoms. The van der Waals surface area contributed by atoms with Gasteiger partial charge in [-0.15, -0.1) is 0 Å². The quantitative estimate of drug-likeness (QED) is 0.664. The number of rotatable bonds is 4. The van der Waals surface area contributed by atoms with Crippen LogP contribution in [0.15, 0.2) is 54.2 Å². The number of hydrogen-bond donors (Lipinski definition) is 1. The van der Waals surface area contributed by atoms with E-state index in [9.17, 15) is 10.1 Å². The van der Waals surface area contributed by atoms with Crippen LogP contribution < -0.4 is 5.32 Å². The van der Waals surface area contributed by atoms with Crippen molar-refractivity contribution in [2.45, 2.75) is 38.1 Å². The molecule has 2 aromatic carbocycles. The molecule has 4 nitrogen and oxygen atoms in total. The summed E-state index contributed by atoms with van der Waals surface area (Å²) in [6.07, 6.45) is 7.13. The zero-order valence-electron chi connectivity index (χ0n) is 14.5. The second-order valence-electron chi connectivity index (χ2n) is 6.55. The van der Waals surface area contributed by atoms with E-state index in [1.165, 1.54) is 12.6 Å². The Morgan fingerprint density at radius 2 is 1.88 bits per heavy atom. The smallest absolute Gasteiger partial charge is 0.266 e. The summed E-state index contributed by atoms with van der Waals surface area (Å²) in [6, 6.07) is 16.3. The molecule has 0 atom stereocenters. The van der Waals surface area contributed by atoms with Crippen LogP contribution in [-0.4, -0.2) is 23.9 Å². The first-order valence-corrected chi connectivity index (χ1v) is 8.82. The summed E-state index contributed by atoms with van der Waals surface area (Å²) < 4.78 is 0. The fraction of sp³-hybridized carbons (Fsp3) is 0.333. The molecule has 0 aliphatic heterocycles. The minimum Gasteiger partial charge on any atom is -0.360 e. The monoisotopic (exact) mass is 333 g/mol. The highest BCUT2D eigenvalue weighted by Crippen LogP contribution is 2.24. The maximum absolute atomic E-state index is 12.7. The number of nitriles is 1. The Kier molecular flexibility index (Phi) is 5.35. The van der Waals surface area contributed by atoms with Gasteiger partial charge in [0.25, 0.3) is 5.91 Å². The summed E-state index contributed by atoms with van der Waals surface area (Å²) in [6.45, 7) is 0. The Hall–Kier alpha value is -2.80. The van der Waals surface area contributed by atoms with Gasteiger partial charge in [0.05, 0.1) is 0 Å². The zero-order chi connectivity index (χ0) is 17.6. The summed E-state index contributed by atoms with van der Waals surface area (Å²) in [5.41, 5.74) is 1.03. The fourth-order valence-corrected chi connectivity index (χ4v) is 3.47. The number of nitrogens with one attached hydrogen (secondary N) is 1. The molecule has 1 amide bonds. The number of carbonyl (C=O) groups excluding carboxylic acids is 1. The Labute approximate surface area is 148 Å². The molecule has 1 fully saturated rings. The van der Waals surface area contributed by atoms with Crippen molar-refractivity contribution >= 4 is 22.4 Å². The first-order valence-electron chi connectivity index (χ1n) is 8.82. The van der Waals surface area contributed by atoms with Gasteiger partial charge in [0.2, 0.25) is 0 Å². The number of amides is 1. The minimum atomic E-state index is -0.206. The van der Waals surface area contributed by atoms with E-state index in [1.807, 2.05) is 48.5 Å². The lowest BCUT2D eigenvalue weighted by atomic mass is 9.94. The lowest BCUT2D eigenvalue weighted by Gasteiger charge is -2.31. The van der Waals surface area contributed by atoms with E-state index in [1.54, 1.807) is 11.9 Å². The van der Waals surface area contributed by atoms with Crippen LogP contribution in [0.3, 0.4) is 0 Å². The molecule has 128 valence electrons. The molecule has 4 heteroatoms.